The Bertz CT molecular complexity index is 440. The van der Waals surface area contributed by atoms with E-state index in [-0.39, 0.29) is 0 Å². The molecule has 0 radical (unpaired) electrons. The lowest BCUT2D eigenvalue weighted by atomic mass is 10.3. The Morgan fingerprint density at radius 2 is 2.25 bits per heavy atom. The Hall–Kier alpha value is 0.190. The van der Waals surface area contributed by atoms with Crippen molar-refractivity contribution in [3.05, 3.63) is 25.3 Å². The first-order valence-corrected chi connectivity index (χ1v) is 5.42. The van der Waals surface area contributed by atoms with Gasteiger partial charge in [0.15, 0.2) is 0 Å². The fourth-order valence-electron chi connectivity index (χ4n) is 1.01. The average Bonchev–Trinajstić information content (AvgIpc) is 2.41. The number of nitrogens with one attached hydrogen (secondary N) is 1. The van der Waals surface area contributed by atoms with Gasteiger partial charge in [-0.05, 0) is 50.7 Å². The van der Waals surface area contributed by atoms with Gasteiger partial charge >= 0.3 is 0 Å². The molecular weight excluding hydrogens is 354 g/mol. The number of hydrogen-bond acceptors (Lipinski definition) is 1. The highest BCUT2D eigenvalue weighted by Crippen LogP contribution is 2.32. The van der Waals surface area contributed by atoms with Crippen molar-refractivity contribution in [3.8, 4) is 0 Å². The summed E-state index contributed by atoms with van der Waals surface area (Å²) in [7, 11) is 0. The van der Waals surface area contributed by atoms with Crippen molar-refractivity contribution in [1.82, 2.24) is 10.2 Å². The monoisotopic (exact) mass is 356 g/mol. The van der Waals surface area contributed by atoms with Crippen LogP contribution in [0.1, 0.15) is 0 Å². The Kier molecular flexibility index (Phi) is 2.31. The number of aromatic nitrogens is 2. The first-order valence-electron chi connectivity index (χ1n) is 3.17. The number of hydrogen-bond donors (Lipinski definition) is 1. The van der Waals surface area contributed by atoms with E-state index in [0.29, 0.717) is 5.02 Å². The maximum atomic E-state index is 6.06. The molecule has 0 saturated heterocycles. The van der Waals surface area contributed by atoms with Crippen LogP contribution in [-0.4, -0.2) is 10.2 Å². The van der Waals surface area contributed by atoms with E-state index in [2.05, 4.69) is 48.7 Å². The summed E-state index contributed by atoms with van der Waals surface area (Å²) in [5.41, 5.74) is 0.965. The molecule has 0 amide bonds. The molecule has 0 atom stereocenters. The normalized spacial score (nSPS) is 10.9. The van der Waals surface area contributed by atoms with Crippen molar-refractivity contribution < 1.29 is 0 Å². The molecule has 0 aliphatic carbocycles. The van der Waals surface area contributed by atoms with Gasteiger partial charge in [0.2, 0.25) is 0 Å². The molecule has 5 heteroatoms. The van der Waals surface area contributed by atoms with Crippen LogP contribution in [-0.2, 0) is 0 Å². The van der Waals surface area contributed by atoms with Crippen LogP contribution in [0.3, 0.4) is 0 Å². The zero-order valence-electron chi connectivity index (χ0n) is 5.74. The first kappa shape index (κ1) is 8.77. The fraction of sp³-hybridized carbons (Fsp3) is 0. The fourth-order valence-corrected chi connectivity index (χ4v) is 2.44. The lowest BCUT2D eigenvalue weighted by molar-refractivity contribution is 1.09. The SMILES string of the molecule is Clc1c(Br)ccc2[nH]nc(I)c12. The molecule has 1 aromatic heterocycles. The molecule has 12 heavy (non-hydrogen) atoms. The number of halogens is 3. The van der Waals surface area contributed by atoms with Crippen molar-refractivity contribution in [2.45, 2.75) is 0 Å². The lowest BCUT2D eigenvalue weighted by Crippen LogP contribution is -1.73. The summed E-state index contributed by atoms with van der Waals surface area (Å²) >= 11 is 11.6. The van der Waals surface area contributed by atoms with Gasteiger partial charge in [0.05, 0.1) is 15.9 Å². The molecule has 2 aromatic rings. The van der Waals surface area contributed by atoms with E-state index in [1.807, 2.05) is 12.1 Å². The van der Waals surface area contributed by atoms with Crippen LogP contribution < -0.4 is 0 Å². The molecule has 2 rings (SSSR count). The minimum absolute atomic E-state index is 0.714. The Morgan fingerprint density at radius 1 is 1.50 bits per heavy atom. The summed E-state index contributed by atoms with van der Waals surface area (Å²) < 4.78 is 1.80. The number of fused-ring (bicyclic) bond motifs is 1. The van der Waals surface area contributed by atoms with E-state index >= 15 is 0 Å². The second kappa shape index (κ2) is 3.16. The highest BCUT2D eigenvalue weighted by atomic mass is 127. The van der Waals surface area contributed by atoms with Crippen molar-refractivity contribution in [2.24, 2.45) is 0 Å². The number of aromatic amines is 1. The van der Waals surface area contributed by atoms with Gasteiger partial charge in [0.1, 0.15) is 3.70 Å². The number of benzene rings is 1. The van der Waals surface area contributed by atoms with E-state index in [1.54, 1.807) is 0 Å². The number of H-pyrrole nitrogens is 1. The average molecular weight is 357 g/mol. The predicted molar refractivity (Wildman–Crippen MR) is 61.5 cm³/mol. The molecule has 0 fully saturated rings. The molecule has 0 aliphatic heterocycles. The zero-order valence-corrected chi connectivity index (χ0v) is 10.2. The van der Waals surface area contributed by atoms with E-state index in [1.165, 1.54) is 0 Å². The molecule has 0 spiro atoms. The molecule has 1 heterocycles. The second-order valence-corrected chi connectivity index (χ2v) is 4.55. The molecule has 1 N–H and O–H groups in total. The summed E-state index contributed by atoms with van der Waals surface area (Å²) in [6.07, 6.45) is 0. The molecule has 0 unspecified atom stereocenters. The zero-order chi connectivity index (χ0) is 8.72. The number of nitrogens with zero attached hydrogens (tertiary/aromatic N) is 1. The first-order chi connectivity index (χ1) is 5.70. The largest absolute Gasteiger partial charge is 0.277 e. The molecule has 1 aromatic carbocycles. The van der Waals surface area contributed by atoms with Gasteiger partial charge in [0.25, 0.3) is 0 Å². The maximum absolute atomic E-state index is 6.06. The molecule has 0 bridgehead atoms. The second-order valence-electron chi connectivity index (χ2n) is 2.30. The summed E-state index contributed by atoms with van der Waals surface area (Å²) in [6.45, 7) is 0. The third-order valence-electron chi connectivity index (χ3n) is 1.58. The van der Waals surface area contributed by atoms with Crippen LogP contribution in [0.5, 0.6) is 0 Å². The maximum Gasteiger partial charge on any atom is 0.132 e. The van der Waals surface area contributed by atoms with E-state index < -0.39 is 0 Å². The van der Waals surface area contributed by atoms with Crippen molar-refractivity contribution in [3.63, 3.8) is 0 Å². The summed E-state index contributed by atoms with van der Waals surface area (Å²) in [6, 6.07) is 3.85. The number of rotatable bonds is 0. The van der Waals surface area contributed by atoms with Gasteiger partial charge in [-0.3, -0.25) is 5.10 Å². The molecule has 0 saturated carbocycles. The van der Waals surface area contributed by atoms with E-state index in [9.17, 15) is 0 Å². The van der Waals surface area contributed by atoms with Gasteiger partial charge in [-0.15, -0.1) is 0 Å². The molecule has 0 aliphatic rings. The van der Waals surface area contributed by atoms with Crippen LogP contribution in [0.25, 0.3) is 10.9 Å². The molecular formula is C7H3BrClIN2. The highest BCUT2D eigenvalue weighted by Gasteiger charge is 2.08. The Morgan fingerprint density at radius 3 is 3.00 bits per heavy atom. The van der Waals surface area contributed by atoms with Crippen molar-refractivity contribution in [2.75, 3.05) is 0 Å². The standard InChI is InChI=1S/C7H3BrClIN2/c8-3-1-2-4-5(6(3)9)7(10)12-11-4/h1-2H,(H,11,12). The topological polar surface area (TPSA) is 28.7 Å². The van der Waals surface area contributed by atoms with E-state index in [0.717, 1.165) is 19.1 Å². The third-order valence-corrected chi connectivity index (χ3v) is 3.64. The van der Waals surface area contributed by atoms with Crippen LogP contribution in [0.15, 0.2) is 16.6 Å². The smallest absolute Gasteiger partial charge is 0.132 e. The van der Waals surface area contributed by atoms with Crippen LogP contribution in [0.4, 0.5) is 0 Å². The van der Waals surface area contributed by atoms with Crippen molar-refractivity contribution >= 4 is 61.0 Å². The molecule has 62 valence electrons. The van der Waals surface area contributed by atoms with E-state index in [4.69, 9.17) is 11.6 Å². The van der Waals surface area contributed by atoms with Gasteiger partial charge in [0, 0.05) is 4.47 Å². The minimum Gasteiger partial charge on any atom is -0.277 e. The summed E-state index contributed by atoms with van der Waals surface area (Å²) in [5.74, 6) is 0. The van der Waals surface area contributed by atoms with Crippen molar-refractivity contribution in [1.29, 1.82) is 0 Å². The van der Waals surface area contributed by atoms with Gasteiger partial charge < -0.3 is 0 Å². The van der Waals surface area contributed by atoms with Gasteiger partial charge in [-0.2, -0.15) is 5.10 Å². The molecule has 2 nitrogen and oxygen atoms in total. The Labute approximate surface area is 95.9 Å². The quantitative estimate of drug-likeness (QED) is 0.718. The summed E-state index contributed by atoms with van der Waals surface area (Å²) in [5, 5.41) is 8.64. The van der Waals surface area contributed by atoms with Crippen LogP contribution in [0.2, 0.25) is 5.02 Å². The van der Waals surface area contributed by atoms with Gasteiger partial charge in [-0.1, -0.05) is 11.6 Å². The minimum atomic E-state index is 0.714. The summed E-state index contributed by atoms with van der Waals surface area (Å²) in [4.78, 5) is 0. The highest BCUT2D eigenvalue weighted by molar-refractivity contribution is 14.1. The van der Waals surface area contributed by atoms with Crippen LogP contribution >= 0.6 is 50.1 Å². The lowest BCUT2D eigenvalue weighted by Gasteiger charge is -1.95. The predicted octanol–water partition coefficient (Wildman–Crippen LogP) is 3.58. The third kappa shape index (κ3) is 1.25. The van der Waals surface area contributed by atoms with Crippen LogP contribution in [0, 0.1) is 3.70 Å². The Balaban J connectivity index is 2.96. The van der Waals surface area contributed by atoms with Gasteiger partial charge in [-0.25, -0.2) is 0 Å².